The van der Waals surface area contributed by atoms with Gasteiger partial charge < -0.3 is 31.2 Å². The molecule has 1 heterocycles. The number of rotatable bonds is 9. The molecule has 196 valence electrons. The molecule has 0 saturated carbocycles. The molecule has 2 aromatic carbocycles. The van der Waals surface area contributed by atoms with Crippen LogP contribution < -0.4 is 21.5 Å². The van der Waals surface area contributed by atoms with Crippen molar-refractivity contribution >= 4 is 35.4 Å². The van der Waals surface area contributed by atoms with Crippen LogP contribution >= 0.6 is 0 Å². The van der Waals surface area contributed by atoms with Gasteiger partial charge in [-0.2, -0.15) is 0 Å². The van der Waals surface area contributed by atoms with E-state index in [1.54, 1.807) is 60.4 Å². The molecule has 1 fully saturated rings. The third-order valence-corrected chi connectivity index (χ3v) is 5.43. The Morgan fingerprint density at radius 2 is 1.54 bits per heavy atom. The maximum Gasteiger partial charge on any atom is 0.343 e. The fraction of sp³-hybridized carbons (Fsp3) is 0.320. The van der Waals surface area contributed by atoms with Gasteiger partial charge in [-0.15, -0.1) is 0 Å². The molecule has 0 atom stereocenters. The number of nitrogens with two attached hydrogens (primary N) is 2. The van der Waals surface area contributed by atoms with E-state index in [4.69, 9.17) is 20.9 Å². The lowest BCUT2D eigenvalue weighted by Gasteiger charge is -2.34. The number of carbonyl (C=O) groups is 4. The van der Waals surface area contributed by atoms with Gasteiger partial charge in [0.1, 0.15) is 12.3 Å². The molecule has 2 aromatic rings. The zero-order chi connectivity index (χ0) is 26.8. The number of nitrogens with zero attached hydrogens (tertiary/aromatic N) is 3. The van der Waals surface area contributed by atoms with E-state index in [0.29, 0.717) is 48.7 Å². The maximum absolute atomic E-state index is 12.9. The largest absolute Gasteiger partial charge is 0.465 e. The summed E-state index contributed by atoms with van der Waals surface area (Å²) < 4.78 is 10.2. The number of ether oxygens (including phenoxy) is 2. The number of hydrogen-bond donors (Lipinski definition) is 3. The Bertz CT molecular complexity index is 1140. The van der Waals surface area contributed by atoms with Crippen molar-refractivity contribution in [1.82, 2.24) is 15.1 Å². The van der Waals surface area contributed by atoms with Gasteiger partial charge in [-0.25, -0.2) is 9.79 Å². The summed E-state index contributed by atoms with van der Waals surface area (Å²) in [4.78, 5) is 56.1. The van der Waals surface area contributed by atoms with E-state index in [2.05, 4.69) is 10.3 Å². The van der Waals surface area contributed by atoms with E-state index < -0.39 is 11.9 Å². The minimum absolute atomic E-state index is 0.0814. The number of nitrogens with one attached hydrogen (secondary N) is 1. The molecule has 0 radical (unpaired) electrons. The predicted octanol–water partition coefficient (Wildman–Crippen LogP) is 0.248. The number of carbonyl (C=O) groups excluding carboxylic acids is 4. The first-order valence-corrected chi connectivity index (χ1v) is 11.7. The van der Waals surface area contributed by atoms with Crippen molar-refractivity contribution in [2.24, 2.45) is 16.5 Å². The Morgan fingerprint density at radius 3 is 2.14 bits per heavy atom. The second-order valence-corrected chi connectivity index (χ2v) is 8.15. The minimum atomic E-state index is -0.558. The smallest absolute Gasteiger partial charge is 0.343 e. The van der Waals surface area contributed by atoms with Crippen LogP contribution in [0.5, 0.6) is 5.75 Å². The van der Waals surface area contributed by atoms with Gasteiger partial charge in [-0.05, 0) is 55.5 Å². The van der Waals surface area contributed by atoms with Gasteiger partial charge in [-0.3, -0.25) is 19.3 Å². The highest BCUT2D eigenvalue weighted by Gasteiger charge is 2.23. The molecule has 12 nitrogen and oxygen atoms in total. The summed E-state index contributed by atoms with van der Waals surface area (Å²) in [6.45, 7) is 3.89. The standard InChI is InChI=1S/C25H30N6O6/c1-2-36-22(33)15-28-21(32)16-30-11-13-31(14-12-30)23(34)17-5-9-20(10-6-17)37-24(35)18-3-7-19(8-4-18)29-25(26)27/h3-10H,2,11-16H2,1H3,(H,28,32)(H4,26,27,29). The van der Waals surface area contributed by atoms with Gasteiger partial charge in [0.25, 0.3) is 5.91 Å². The van der Waals surface area contributed by atoms with Gasteiger partial charge in [0.2, 0.25) is 5.91 Å². The van der Waals surface area contributed by atoms with Crippen molar-refractivity contribution in [2.75, 3.05) is 45.9 Å². The number of hydrogen-bond acceptors (Lipinski definition) is 8. The average molecular weight is 511 g/mol. The lowest BCUT2D eigenvalue weighted by Crippen LogP contribution is -2.51. The van der Waals surface area contributed by atoms with Crippen molar-refractivity contribution in [3.8, 4) is 5.75 Å². The molecule has 0 aliphatic carbocycles. The summed E-state index contributed by atoms with van der Waals surface area (Å²) in [7, 11) is 0. The van der Waals surface area contributed by atoms with Crippen LogP contribution in [0.2, 0.25) is 0 Å². The van der Waals surface area contributed by atoms with Crippen LogP contribution in [0, 0.1) is 0 Å². The third-order valence-electron chi connectivity index (χ3n) is 5.43. The van der Waals surface area contributed by atoms with Crippen molar-refractivity contribution in [2.45, 2.75) is 6.92 Å². The van der Waals surface area contributed by atoms with Gasteiger partial charge in [-0.1, -0.05) is 0 Å². The Balaban J connectivity index is 1.46. The highest BCUT2D eigenvalue weighted by atomic mass is 16.5. The molecule has 2 amide bonds. The minimum Gasteiger partial charge on any atom is -0.465 e. The van der Waals surface area contributed by atoms with Gasteiger partial charge in [0.05, 0.1) is 24.4 Å². The highest BCUT2D eigenvalue weighted by Crippen LogP contribution is 2.18. The van der Waals surface area contributed by atoms with Crippen molar-refractivity contribution in [3.05, 3.63) is 59.7 Å². The van der Waals surface area contributed by atoms with Gasteiger partial charge in [0.15, 0.2) is 5.96 Å². The molecule has 1 saturated heterocycles. The normalized spacial score (nSPS) is 13.4. The molecule has 0 bridgehead atoms. The predicted molar refractivity (Wildman–Crippen MR) is 135 cm³/mol. The topological polar surface area (TPSA) is 170 Å². The summed E-state index contributed by atoms with van der Waals surface area (Å²) in [5.74, 6) is -1.25. The zero-order valence-corrected chi connectivity index (χ0v) is 20.5. The van der Waals surface area contributed by atoms with Crippen LogP contribution in [0.1, 0.15) is 27.6 Å². The molecular formula is C25H30N6O6. The molecule has 37 heavy (non-hydrogen) atoms. The van der Waals surface area contributed by atoms with E-state index in [1.165, 1.54) is 0 Å². The fourth-order valence-corrected chi connectivity index (χ4v) is 3.59. The van der Waals surface area contributed by atoms with Crippen molar-refractivity contribution in [3.63, 3.8) is 0 Å². The first-order valence-electron chi connectivity index (χ1n) is 11.7. The Kier molecular flexibility index (Phi) is 9.55. The van der Waals surface area contributed by atoms with E-state index in [9.17, 15) is 19.2 Å². The Labute approximate surface area is 214 Å². The Hall–Kier alpha value is -4.45. The summed E-state index contributed by atoms with van der Waals surface area (Å²) in [6.07, 6.45) is 0. The summed E-state index contributed by atoms with van der Waals surface area (Å²) >= 11 is 0. The second-order valence-electron chi connectivity index (χ2n) is 8.15. The average Bonchev–Trinajstić information content (AvgIpc) is 2.88. The zero-order valence-electron chi connectivity index (χ0n) is 20.5. The molecule has 0 unspecified atom stereocenters. The molecule has 1 aliphatic heterocycles. The van der Waals surface area contributed by atoms with Crippen LogP contribution in [0.25, 0.3) is 0 Å². The molecule has 0 aromatic heterocycles. The van der Waals surface area contributed by atoms with Gasteiger partial charge in [0, 0.05) is 31.7 Å². The highest BCUT2D eigenvalue weighted by molar-refractivity contribution is 5.95. The molecule has 0 spiro atoms. The number of benzene rings is 2. The summed E-state index contributed by atoms with van der Waals surface area (Å²) in [6, 6.07) is 12.6. The van der Waals surface area contributed by atoms with Crippen LogP contribution in [-0.4, -0.2) is 85.4 Å². The number of aliphatic imine (C=N–C) groups is 1. The van der Waals surface area contributed by atoms with Crippen LogP contribution in [-0.2, 0) is 14.3 Å². The van der Waals surface area contributed by atoms with Crippen LogP contribution in [0.4, 0.5) is 5.69 Å². The number of piperazine rings is 1. The number of esters is 2. The molecule has 1 aliphatic rings. The first kappa shape index (κ1) is 27.1. The number of amides is 2. The summed E-state index contributed by atoms with van der Waals surface area (Å²) in [5, 5.41) is 2.53. The van der Waals surface area contributed by atoms with Gasteiger partial charge >= 0.3 is 11.9 Å². The molecule has 12 heteroatoms. The lowest BCUT2D eigenvalue weighted by molar-refractivity contribution is -0.143. The quantitative estimate of drug-likeness (QED) is 0.185. The van der Waals surface area contributed by atoms with E-state index in [1.807, 2.05) is 4.90 Å². The van der Waals surface area contributed by atoms with E-state index in [0.717, 1.165) is 0 Å². The van der Waals surface area contributed by atoms with Crippen molar-refractivity contribution < 1.29 is 28.7 Å². The number of guanidine groups is 1. The van der Waals surface area contributed by atoms with E-state index in [-0.39, 0.29) is 37.5 Å². The van der Waals surface area contributed by atoms with E-state index >= 15 is 0 Å². The monoisotopic (exact) mass is 510 g/mol. The maximum atomic E-state index is 12.9. The SMILES string of the molecule is CCOC(=O)CNC(=O)CN1CCN(C(=O)c2ccc(OC(=O)c3ccc(N=C(N)N)cc3)cc2)CC1. The Morgan fingerprint density at radius 1 is 0.919 bits per heavy atom. The molecule has 3 rings (SSSR count). The van der Waals surface area contributed by atoms with Crippen LogP contribution in [0.3, 0.4) is 0 Å². The molecular weight excluding hydrogens is 480 g/mol. The first-order chi connectivity index (χ1) is 17.7. The fourth-order valence-electron chi connectivity index (χ4n) is 3.59. The third kappa shape index (κ3) is 8.32. The van der Waals surface area contributed by atoms with Crippen LogP contribution in [0.15, 0.2) is 53.5 Å². The lowest BCUT2D eigenvalue weighted by atomic mass is 10.1. The van der Waals surface area contributed by atoms with Crippen molar-refractivity contribution in [1.29, 1.82) is 0 Å². The molecule has 5 N–H and O–H groups in total. The second kappa shape index (κ2) is 13.0. The summed E-state index contributed by atoms with van der Waals surface area (Å²) in [5.41, 5.74) is 12.0.